The van der Waals surface area contributed by atoms with Gasteiger partial charge in [0.1, 0.15) is 0 Å². The van der Waals surface area contributed by atoms with Crippen molar-refractivity contribution >= 4 is 28.3 Å². The molecule has 74 valence electrons. The molecule has 0 bridgehead atoms. The second-order valence-electron chi connectivity index (χ2n) is 2.67. The highest BCUT2D eigenvalue weighted by Gasteiger charge is 2.07. The lowest BCUT2D eigenvalue weighted by Gasteiger charge is -2.11. The predicted molar refractivity (Wildman–Crippen MR) is 60.3 cm³/mol. The van der Waals surface area contributed by atoms with Crippen LogP contribution in [0, 0.1) is 0 Å². The maximum atomic E-state index is 8.98. The summed E-state index contributed by atoms with van der Waals surface area (Å²) in [5.41, 5.74) is 6.57. The molecule has 2 nitrogen and oxygen atoms in total. The smallest absolute Gasteiger partial charge is 0.0511 e. The second-order valence-corrected chi connectivity index (χ2v) is 3.59. The highest BCUT2D eigenvalue weighted by molar-refractivity contribution is 9.10. The largest absolute Gasteiger partial charge is 0.396 e. The zero-order chi connectivity index (χ0) is 8.97. The quantitative estimate of drug-likeness (QED) is 0.878. The highest BCUT2D eigenvalue weighted by Crippen LogP contribution is 2.18. The third kappa shape index (κ3) is 3.65. The topological polar surface area (TPSA) is 46.2 Å². The normalized spacial score (nSPS) is 11.9. The van der Waals surface area contributed by atoms with E-state index in [-0.39, 0.29) is 24.9 Å². The van der Waals surface area contributed by atoms with Crippen molar-refractivity contribution in [2.45, 2.75) is 5.92 Å². The molecule has 3 N–H and O–H groups in total. The summed E-state index contributed by atoms with van der Waals surface area (Å²) >= 11 is 3.37. The summed E-state index contributed by atoms with van der Waals surface area (Å²) in [5, 5.41) is 8.98. The Labute approximate surface area is 92.7 Å². The van der Waals surface area contributed by atoms with E-state index in [0.29, 0.717) is 6.54 Å². The summed E-state index contributed by atoms with van der Waals surface area (Å²) in [6, 6.07) is 7.85. The van der Waals surface area contributed by atoms with Gasteiger partial charge in [-0.2, -0.15) is 0 Å². The Kier molecular flexibility index (Phi) is 6.33. The van der Waals surface area contributed by atoms with E-state index in [9.17, 15) is 0 Å². The predicted octanol–water partition coefficient (Wildman–Crippen LogP) is 1.91. The maximum Gasteiger partial charge on any atom is 0.0511 e. The fourth-order valence-electron chi connectivity index (χ4n) is 1.08. The minimum atomic E-state index is 0. The molecule has 0 saturated carbocycles. The minimum Gasteiger partial charge on any atom is -0.396 e. The Morgan fingerprint density at radius 1 is 1.46 bits per heavy atom. The molecular weight excluding hydrogens is 253 g/mol. The number of hydrogen-bond donors (Lipinski definition) is 2. The number of nitrogens with two attached hydrogens (primary N) is 1. The fraction of sp³-hybridized carbons (Fsp3) is 0.333. The molecule has 1 aromatic rings. The monoisotopic (exact) mass is 265 g/mol. The van der Waals surface area contributed by atoms with Crippen LogP contribution < -0.4 is 5.73 Å². The van der Waals surface area contributed by atoms with Crippen molar-refractivity contribution < 1.29 is 5.11 Å². The SMILES string of the molecule is Cl.NC[C@@H](CO)c1cccc(Br)c1. The summed E-state index contributed by atoms with van der Waals surface area (Å²) in [5.74, 6) is 0.0579. The van der Waals surface area contributed by atoms with Gasteiger partial charge in [0, 0.05) is 16.9 Å². The average Bonchev–Trinajstić information content (AvgIpc) is 2.07. The van der Waals surface area contributed by atoms with Gasteiger partial charge < -0.3 is 10.8 Å². The van der Waals surface area contributed by atoms with E-state index in [1.54, 1.807) is 0 Å². The molecular formula is C9H13BrClNO. The van der Waals surface area contributed by atoms with Gasteiger partial charge in [0.05, 0.1) is 6.61 Å². The Morgan fingerprint density at radius 3 is 2.62 bits per heavy atom. The van der Waals surface area contributed by atoms with Gasteiger partial charge >= 0.3 is 0 Å². The molecule has 0 aliphatic heterocycles. The third-order valence-corrected chi connectivity index (χ3v) is 2.32. The van der Waals surface area contributed by atoms with E-state index < -0.39 is 0 Å². The number of aliphatic hydroxyl groups excluding tert-OH is 1. The van der Waals surface area contributed by atoms with Crippen molar-refractivity contribution in [3.8, 4) is 0 Å². The van der Waals surface area contributed by atoms with Gasteiger partial charge in [-0.25, -0.2) is 0 Å². The van der Waals surface area contributed by atoms with Crippen LogP contribution in [0.25, 0.3) is 0 Å². The van der Waals surface area contributed by atoms with Crippen LogP contribution in [0.5, 0.6) is 0 Å². The molecule has 0 heterocycles. The zero-order valence-electron chi connectivity index (χ0n) is 7.11. The number of hydrogen-bond acceptors (Lipinski definition) is 2. The van der Waals surface area contributed by atoms with E-state index in [0.717, 1.165) is 10.0 Å². The van der Waals surface area contributed by atoms with Crippen LogP contribution in [0.15, 0.2) is 28.7 Å². The lowest BCUT2D eigenvalue weighted by atomic mass is 10.0. The molecule has 13 heavy (non-hydrogen) atoms. The average molecular weight is 267 g/mol. The van der Waals surface area contributed by atoms with Crippen molar-refractivity contribution in [3.05, 3.63) is 34.3 Å². The summed E-state index contributed by atoms with van der Waals surface area (Å²) in [6.07, 6.45) is 0. The standard InChI is InChI=1S/C9H12BrNO.ClH/c10-9-3-1-2-7(4-9)8(5-11)6-12;/h1-4,8,12H,5-6,11H2;1H/t8-;/m0./s1. The van der Waals surface area contributed by atoms with Crippen molar-refractivity contribution in [1.29, 1.82) is 0 Å². The van der Waals surface area contributed by atoms with Crippen molar-refractivity contribution in [3.63, 3.8) is 0 Å². The molecule has 1 atom stereocenters. The number of aliphatic hydroxyl groups is 1. The zero-order valence-corrected chi connectivity index (χ0v) is 9.51. The van der Waals surface area contributed by atoms with Crippen molar-refractivity contribution in [1.82, 2.24) is 0 Å². The van der Waals surface area contributed by atoms with Gasteiger partial charge in [-0.1, -0.05) is 28.1 Å². The van der Waals surface area contributed by atoms with Crippen LogP contribution in [-0.4, -0.2) is 18.3 Å². The fourth-order valence-corrected chi connectivity index (χ4v) is 1.49. The van der Waals surface area contributed by atoms with E-state index in [4.69, 9.17) is 10.8 Å². The first-order valence-corrected chi connectivity index (χ1v) is 4.63. The second kappa shape index (κ2) is 6.38. The number of halogens is 2. The highest BCUT2D eigenvalue weighted by atomic mass is 79.9. The summed E-state index contributed by atoms with van der Waals surface area (Å²) in [6.45, 7) is 0.583. The Balaban J connectivity index is 0.00000144. The van der Waals surface area contributed by atoms with Gasteiger partial charge in [0.2, 0.25) is 0 Å². The molecule has 0 radical (unpaired) electrons. The van der Waals surface area contributed by atoms with Crippen LogP contribution in [0.4, 0.5) is 0 Å². The lowest BCUT2D eigenvalue weighted by Crippen LogP contribution is -2.15. The van der Waals surface area contributed by atoms with E-state index in [2.05, 4.69) is 15.9 Å². The third-order valence-electron chi connectivity index (χ3n) is 1.82. The van der Waals surface area contributed by atoms with Crippen LogP contribution in [-0.2, 0) is 0 Å². The molecule has 0 fully saturated rings. The molecule has 0 aliphatic carbocycles. The molecule has 0 spiro atoms. The Hall–Kier alpha value is -0.0900. The summed E-state index contributed by atoms with van der Waals surface area (Å²) in [4.78, 5) is 0. The molecule has 1 rings (SSSR count). The van der Waals surface area contributed by atoms with Gasteiger partial charge in [-0.05, 0) is 17.7 Å². The number of rotatable bonds is 3. The molecule has 4 heteroatoms. The molecule has 0 aromatic heterocycles. The molecule has 0 unspecified atom stereocenters. The van der Waals surface area contributed by atoms with Gasteiger partial charge in [0.15, 0.2) is 0 Å². The van der Waals surface area contributed by atoms with Crippen LogP contribution in [0.1, 0.15) is 11.5 Å². The van der Waals surface area contributed by atoms with Crippen molar-refractivity contribution in [2.75, 3.05) is 13.2 Å². The lowest BCUT2D eigenvalue weighted by molar-refractivity contribution is 0.268. The van der Waals surface area contributed by atoms with E-state index in [1.807, 2.05) is 24.3 Å². The minimum absolute atomic E-state index is 0. The Morgan fingerprint density at radius 2 is 2.15 bits per heavy atom. The molecule has 0 amide bonds. The van der Waals surface area contributed by atoms with E-state index >= 15 is 0 Å². The first-order chi connectivity index (χ1) is 5.77. The van der Waals surface area contributed by atoms with E-state index in [1.165, 1.54) is 0 Å². The molecule has 0 aliphatic rings. The van der Waals surface area contributed by atoms with Crippen molar-refractivity contribution in [2.24, 2.45) is 5.73 Å². The van der Waals surface area contributed by atoms with Crippen LogP contribution >= 0.6 is 28.3 Å². The Bertz CT molecular complexity index is 253. The first kappa shape index (κ1) is 12.9. The molecule has 1 aromatic carbocycles. The van der Waals surface area contributed by atoms with Crippen LogP contribution in [0.2, 0.25) is 0 Å². The maximum absolute atomic E-state index is 8.98. The number of benzene rings is 1. The van der Waals surface area contributed by atoms with Gasteiger partial charge in [0.25, 0.3) is 0 Å². The summed E-state index contributed by atoms with van der Waals surface area (Å²) < 4.78 is 1.02. The summed E-state index contributed by atoms with van der Waals surface area (Å²) in [7, 11) is 0. The molecule has 0 saturated heterocycles. The van der Waals surface area contributed by atoms with Gasteiger partial charge in [-0.3, -0.25) is 0 Å². The van der Waals surface area contributed by atoms with Gasteiger partial charge in [-0.15, -0.1) is 12.4 Å². The first-order valence-electron chi connectivity index (χ1n) is 3.84. The van der Waals surface area contributed by atoms with Crippen LogP contribution in [0.3, 0.4) is 0 Å².